The van der Waals surface area contributed by atoms with E-state index in [0.717, 1.165) is 0 Å². The number of benzene rings is 1. The van der Waals surface area contributed by atoms with Crippen LogP contribution >= 0.6 is 0 Å². The molecule has 0 saturated heterocycles. The molecule has 0 aliphatic rings. The summed E-state index contributed by atoms with van der Waals surface area (Å²) in [6.45, 7) is 1.45. The molecule has 1 aromatic rings. The van der Waals surface area contributed by atoms with Crippen molar-refractivity contribution in [3.05, 3.63) is 29.6 Å². The van der Waals surface area contributed by atoms with E-state index >= 15 is 0 Å². The van der Waals surface area contributed by atoms with Crippen LogP contribution < -0.4 is 4.74 Å². The van der Waals surface area contributed by atoms with Crippen LogP contribution in [0.5, 0.6) is 5.75 Å². The van der Waals surface area contributed by atoms with Gasteiger partial charge < -0.3 is 9.84 Å². The Hall–Kier alpha value is -1.58. The van der Waals surface area contributed by atoms with Crippen molar-refractivity contribution in [1.29, 1.82) is 0 Å². The normalized spacial score (nSPS) is 10.8. The second kappa shape index (κ2) is 7.88. The third-order valence-electron chi connectivity index (χ3n) is 2.54. The predicted molar refractivity (Wildman–Crippen MR) is 74.8 cm³/mol. The second-order valence-corrected chi connectivity index (χ2v) is 6.51. The van der Waals surface area contributed by atoms with Crippen LogP contribution in [0.1, 0.15) is 18.9 Å². The molecule has 1 aromatic carbocycles. The highest BCUT2D eigenvalue weighted by atomic mass is 32.2. The maximum absolute atomic E-state index is 13.1. The maximum atomic E-state index is 13.1. The van der Waals surface area contributed by atoms with E-state index in [9.17, 15) is 12.8 Å². The lowest BCUT2D eigenvalue weighted by Crippen LogP contribution is -2.12. The number of hydrogen-bond donors (Lipinski definition) is 1. The van der Waals surface area contributed by atoms with Crippen LogP contribution in [0.4, 0.5) is 4.39 Å². The Morgan fingerprint density at radius 3 is 2.80 bits per heavy atom. The summed E-state index contributed by atoms with van der Waals surface area (Å²) in [6.07, 6.45) is 0.333. The van der Waals surface area contributed by atoms with Crippen LogP contribution in [-0.2, 0) is 9.84 Å². The average Bonchev–Trinajstić information content (AvgIpc) is 2.42. The monoisotopic (exact) mass is 300 g/mol. The SMILES string of the molecule is CCS(=O)(=O)CCCOc1cc(F)ccc1C#CCO. The van der Waals surface area contributed by atoms with Crippen molar-refractivity contribution < 1.29 is 22.7 Å². The molecule has 1 rings (SSSR count). The molecule has 110 valence electrons. The van der Waals surface area contributed by atoms with E-state index < -0.39 is 15.7 Å². The third kappa shape index (κ3) is 5.59. The first-order valence-electron chi connectivity index (χ1n) is 6.21. The van der Waals surface area contributed by atoms with Gasteiger partial charge in [-0.2, -0.15) is 0 Å². The number of hydrogen-bond acceptors (Lipinski definition) is 4. The molecule has 0 heterocycles. The van der Waals surface area contributed by atoms with Crippen LogP contribution in [0.2, 0.25) is 0 Å². The molecule has 0 amide bonds. The summed E-state index contributed by atoms with van der Waals surface area (Å²) in [5.74, 6) is 5.03. The molecular weight excluding hydrogens is 283 g/mol. The fraction of sp³-hybridized carbons (Fsp3) is 0.429. The van der Waals surface area contributed by atoms with Crippen LogP contribution in [-0.4, -0.2) is 38.2 Å². The third-order valence-corrected chi connectivity index (χ3v) is 4.33. The van der Waals surface area contributed by atoms with Crippen LogP contribution in [0.25, 0.3) is 0 Å². The van der Waals surface area contributed by atoms with Gasteiger partial charge in [-0.25, -0.2) is 12.8 Å². The quantitative estimate of drug-likeness (QED) is 0.637. The van der Waals surface area contributed by atoms with Crippen LogP contribution in [0.15, 0.2) is 18.2 Å². The van der Waals surface area contributed by atoms with Gasteiger partial charge in [0.05, 0.1) is 17.9 Å². The van der Waals surface area contributed by atoms with E-state index in [2.05, 4.69) is 11.8 Å². The molecule has 0 unspecified atom stereocenters. The topological polar surface area (TPSA) is 63.6 Å². The molecule has 4 nitrogen and oxygen atoms in total. The fourth-order valence-electron chi connectivity index (χ4n) is 1.46. The van der Waals surface area contributed by atoms with Gasteiger partial charge >= 0.3 is 0 Å². The molecule has 0 bridgehead atoms. The molecular formula is C14H17FO4S. The summed E-state index contributed by atoms with van der Waals surface area (Å²) in [5.41, 5.74) is 0.457. The van der Waals surface area contributed by atoms with Crippen molar-refractivity contribution in [3.63, 3.8) is 0 Å². The van der Waals surface area contributed by atoms with Gasteiger partial charge in [0.15, 0.2) is 0 Å². The minimum absolute atomic E-state index is 0.0382. The molecule has 1 N–H and O–H groups in total. The first-order chi connectivity index (χ1) is 9.48. The highest BCUT2D eigenvalue weighted by molar-refractivity contribution is 7.91. The largest absolute Gasteiger partial charge is 0.492 e. The van der Waals surface area contributed by atoms with Gasteiger partial charge in [-0.15, -0.1) is 0 Å². The second-order valence-electron chi connectivity index (χ2n) is 4.04. The highest BCUT2D eigenvalue weighted by Crippen LogP contribution is 2.19. The van der Waals surface area contributed by atoms with E-state index in [1.54, 1.807) is 6.92 Å². The van der Waals surface area contributed by atoms with Gasteiger partial charge in [0.25, 0.3) is 0 Å². The number of ether oxygens (including phenoxy) is 1. The summed E-state index contributed by atoms with van der Waals surface area (Å²) in [5, 5.41) is 8.65. The van der Waals surface area contributed by atoms with Gasteiger partial charge in [0.2, 0.25) is 0 Å². The summed E-state index contributed by atoms with van der Waals surface area (Å²) in [4.78, 5) is 0. The Balaban J connectivity index is 2.65. The summed E-state index contributed by atoms with van der Waals surface area (Å²) in [6, 6.07) is 3.89. The first kappa shape index (κ1) is 16.5. The number of rotatable bonds is 6. The zero-order chi connectivity index (χ0) is 15.0. The predicted octanol–water partition coefficient (Wildman–Crippen LogP) is 1.37. The van der Waals surface area contributed by atoms with Crippen molar-refractivity contribution in [3.8, 4) is 17.6 Å². The lowest BCUT2D eigenvalue weighted by atomic mass is 10.2. The molecule has 0 atom stereocenters. The van der Waals surface area contributed by atoms with E-state index in [1.807, 2.05) is 0 Å². The standard InChI is InChI=1S/C14H17FO4S/c1-2-20(17,18)10-4-9-19-14-11-13(15)7-6-12(14)5-3-8-16/h6-7,11,16H,2,4,8-10H2,1H3. The molecule has 0 aromatic heterocycles. The molecule has 0 fully saturated rings. The molecule has 20 heavy (non-hydrogen) atoms. The Bertz CT molecular complexity index is 599. The van der Waals surface area contributed by atoms with Crippen LogP contribution in [0.3, 0.4) is 0 Å². The van der Waals surface area contributed by atoms with Gasteiger partial charge in [-0.3, -0.25) is 0 Å². The maximum Gasteiger partial charge on any atom is 0.150 e. The minimum atomic E-state index is -3.02. The Labute approximate surface area is 118 Å². The number of sulfone groups is 1. The smallest absolute Gasteiger partial charge is 0.150 e. The van der Waals surface area contributed by atoms with Gasteiger partial charge in [-0.1, -0.05) is 18.8 Å². The molecule has 6 heteroatoms. The molecule has 0 aliphatic carbocycles. The first-order valence-corrected chi connectivity index (χ1v) is 8.03. The minimum Gasteiger partial charge on any atom is -0.492 e. The van der Waals surface area contributed by atoms with Crippen molar-refractivity contribution >= 4 is 9.84 Å². The van der Waals surface area contributed by atoms with Crippen molar-refractivity contribution in [2.75, 3.05) is 24.7 Å². The zero-order valence-corrected chi connectivity index (χ0v) is 12.0. The zero-order valence-electron chi connectivity index (χ0n) is 11.2. The van der Waals surface area contributed by atoms with E-state index in [4.69, 9.17) is 9.84 Å². The van der Waals surface area contributed by atoms with E-state index in [-0.39, 0.29) is 30.5 Å². The van der Waals surface area contributed by atoms with E-state index in [0.29, 0.717) is 12.0 Å². The Morgan fingerprint density at radius 1 is 1.40 bits per heavy atom. The molecule has 0 radical (unpaired) electrons. The van der Waals surface area contributed by atoms with E-state index in [1.165, 1.54) is 18.2 Å². The van der Waals surface area contributed by atoms with Gasteiger partial charge in [0.1, 0.15) is 28.0 Å². The van der Waals surface area contributed by atoms with Crippen LogP contribution in [0, 0.1) is 17.7 Å². The lowest BCUT2D eigenvalue weighted by molar-refractivity contribution is 0.315. The molecule has 0 spiro atoms. The highest BCUT2D eigenvalue weighted by Gasteiger charge is 2.08. The summed E-state index contributed by atoms with van der Waals surface area (Å²) < 4.78 is 41.1. The average molecular weight is 300 g/mol. The molecule has 0 saturated carbocycles. The number of aliphatic hydroxyl groups is 1. The number of aliphatic hydroxyl groups excluding tert-OH is 1. The number of halogens is 1. The van der Waals surface area contributed by atoms with Crippen molar-refractivity contribution in [1.82, 2.24) is 0 Å². The summed E-state index contributed by atoms with van der Waals surface area (Å²) in [7, 11) is -3.02. The van der Waals surface area contributed by atoms with Gasteiger partial charge in [-0.05, 0) is 18.6 Å². The lowest BCUT2D eigenvalue weighted by Gasteiger charge is -2.08. The molecule has 0 aliphatic heterocycles. The summed E-state index contributed by atoms with van der Waals surface area (Å²) >= 11 is 0. The Morgan fingerprint density at radius 2 is 2.15 bits per heavy atom. The van der Waals surface area contributed by atoms with Crippen molar-refractivity contribution in [2.45, 2.75) is 13.3 Å². The van der Waals surface area contributed by atoms with Crippen molar-refractivity contribution in [2.24, 2.45) is 0 Å². The van der Waals surface area contributed by atoms with Gasteiger partial charge in [0, 0.05) is 11.8 Å². The fourth-order valence-corrected chi connectivity index (χ4v) is 2.31. The Kier molecular flexibility index (Phi) is 6.49.